The SMILES string of the molecule is CC(C)c1ncc2c(n1)CN(Cc1c[nH]c3cc(F)ccc13)CC2. The highest BCUT2D eigenvalue weighted by atomic mass is 19.1. The molecule has 0 spiro atoms. The molecule has 4 nitrogen and oxygen atoms in total. The number of hydrogen-bond donors (Lipinski definition) is 1. The van der Waals surface area contributed by atoms with Crippen molar-refractivity contribution in [3.8, 4) is 0 Å². The average molecular weight is 324 g/mol. The Morgan fingerprint density at radius 3 is 3.04 bits per heavy atom. The summed E-state index contributed by atoms with van der Waals surface area (Å²) < 4.78 is 13.3. The van der Waals surface area contributed by atoms with Crippen LogP contribution in [-0.2, 0) is 19.5 Å². The van der Waals surface area contributed by atoms with Crippen LogP contribution in [0.4, 0.5) is 4.39 Å². The number of hydrogen-bond acceptors (Lipinski definition) is 3. The van der Waals surface area contributed by atoms with Crippen molar-refractivity contribution in [3.63, 3.8) is 0 Å². The summed E-state index contributed by atoms with van der Waals surface area (Å²) >= 11 is 0. The first-order valence-corrected chi connectivity index (χ1v) is 8.42. The molecule has 3 heterocycles. The normalized spacial score (nSPS) is 15.2. The Morgan fingerprint density at radius 1 is 1.33 bits per heavy atom. The van der Waals surface area contributed by atoms with Gasteiger partial charge in [0.15, 0.2) is 0 Å². The monoisotopic (exact) mass is 324 g/mol. The van der Waals surface area contributed by atoms with Crippen LogP contribution < -0.4 is 0 Å². The van der Waals surface area contributed by atoms with E-state index in [1.807, 2.05) is 18.5 Å². The van der Waals surface area contributed by atoms with Gasteiger partial charge in [0.25, 0.3) is 0 Å². The van der Waals surface area contributed by atoms with E-state index in [4.69, 9.17) is 4.98 Å². The smallest absolute Gasteiger partial charge is 0.131 e. The Kier molecular flexibility index (Phi) is 3.81. The number of benzene rings is 1. The van der Waals surface area contributed by atoms with Gasteiger partial charge in [0.05, 0.1) is 5.69 Å². The van der Waals surface area contributed by atoms with Gasteiger partial charge in [-0.25, -0.2) is 14.4 Å². The van der Waals surface area contributed by atoms with Crippen LogP contribution in [0.5, 0.6) is 0 Å². The molecule has 0 amide bonds. The van der Waals surface area contributed by atoms with Crippen LogP contribution in [0.15, 0.2) is 30.6 Å². The average Bonchev–Trinajstić information content (AvgIpc) is 2.96. The van der Waals surface area contributed by atoms with Crippen LogP contribution in [0.2, 0.25) is 0 Å². The van der Waals surface area contributed by atoms with Crippen molar-refractivity contribution in [2.75, 3.05) is 6.54 Å². The summed E-state index contributed by atoms with van der Waals surface area (Å²) in [7, 11) is 0. The summed E-state index contributed by atoms with van der Waals surface area (Å²) in [4.78, 5) is 14.8. The summed E-state index contributed by atoms with van der Waals surface area (Å²) in [5.74, 6) is 1.05. The lowest BCUT2D eigenvalue weighted by molar-refractivity contribution is 0.241. The van der Waals surface area contributed by atoms with Gasteiger partial charge in [0, 0.05) is 48.8 Å². The molecule has 0 atom stereocenters. The van der Waals surface area contributed by atoms with Gasteiger partial charge in [-0.05, 0) is 35.7 Å². The Balaban J connectivity index is 1.57. The van der Waals surface area contributed by atoms with Gasteiger partial charge in [-0.2, -0.15) is 0 Å². The van der Waals surface area contributed by atoms with Crippen LogP contribution in [-0.4, -0.2) is 26.4 Å². The third kappa shape index (κ3) is 2.80. The minimum atomic E-state index is -0.208. The zero-order valence-corrected chi connectivity index (χ0v) is 14.0. The van der Waals surface area contributed by atoms with Crippen molar-refractivity contribution in [1.82, 2.24) is 19.9 Å². The van der Waals surface area contributed by atoms with E-state index >= 15 is 0 Å². The number of rotatable bonds is 3. The van der Waals surface area contributed by atoms with Crippen LogP contribution in [0, 0.1) is 5.82 Å². The number of halogens is 1. The zero-order valence-electron chi connectivity index (χ0n) is 14.0. The molecule has 3 aromatic rings. The molecule has 4 rings (SSSR count). The third-order valence-corrected chi connectivity index (χ3v) is 4.68. The molecule has 1 N–H and O–H groups in total. The van der Waals surface area contributed by atoms with Crippen molar-refractivity contribution < 1.29 is 4.39 Å². The Hall–Kier alpha value is -2.27. The van der Waals surface area contributed by atoms with Crippen molar-refractivity contribution in [3.05, 3.63) is 59.1 Å². The van der Waals surface area contributed by atoms with E-state index in [2.05, 4.69) is 28.7 Å². The molecule has 1 aliphatic rings. The summed E-state index contributed by atoms with van der Waals surface area (Å²) in [6, 6.07) is 4.92. The van der Waals surface area contributed by atoms with Gasteiger partial charge in [0.2, 0.25) is 0 Å². The van der Waals surface area contributed by atoms with Crippen LogP contribution in [0.25, 0.3) is 10.9 Å². The lowest BCUT2D eigenvalue weighted by Crippen LogP contribution is -2.31. The third-order valence-electron chi connectivity index (χ3n) is 4.68. The maximum Gasteiger partial charge on any atom is 0.131 e. The molecule has 0 fully saturated rings. The van der Waals surface area contributed by atoms with E-state index in [-0.39, 0.29) is 5.82 Å². The van der Waals surface area contributed by atoms with Crippen LogP contribution >= 0.6 is 0 Å². The number of aromatic amines is 1. The van der Waals surface area contributed by atoms with E-state index in [0.717, 1.165) is 48.5 Å². The number of fused-ring (bicyclic) bond motifs is 2. The fraction of sp³-hybridized carbons (Fsp3) is 0.368. The molecule has 0 saturated carbocycles. The summed E-state index contributed by atoms with van der Waals surface area (Å²) in [5, 5.41) is 1.09. The Labute approximate surface area is 140 Å². The second-order valence-corrected chi connectivity index (χ2v) is 6.82. The molecule has 1 aromatic carbocycles. The molecule has 24 heavy (non-hydrogen) atoms. The van der Waals surface area contributed by atoms with Gasteiger partial charge in [-0.1, -0.05) is 13.8 Å². The molecule has 0 radical (unpaired) electrons. The van der Waals surface area contributed by atoms with Crippen LogP contribution in [0.1, 0.15) is 42.4 Å². The molecule has 0 unspecified atom stereocenters. The van der Waals surface area contributed by atoms with Gasteiger partial charge in [-0.3, -0.25) is 4.90 Å². The van der Waals surface area contributed by atoms with E-state index in [9.17, 15) is 4.39 Å². The highest BCUT2D eigenvalue weighted by Gasteiger charge is 2.20. The molecule has 0 aliphatic carbocycles. The predicted octanol–water partition coefficient (Wildman–Crippen LogP) is 3.78. The second kappa shape index (κ2) is 5.98. The van der Waals surface area contributed by atoms with Gasteiger partial charge >= 0.3 is 0 Å². The molecule has 124 valence electrons. The van der Waals surface area contributed by atoms with Crippen molar-refractivity contribution in [2.24, 2.45) is 0 Å². The minimum Gasteiger partial charge on any atom is -0.361 e. The second-order valence-electron chi connectivity index (χ2n) is 6.82. The fourth-order valence-corrected chi connectivity index (χ4v) is 3.32. The maximum absolute atomic E-state index is 13.3. The quantitative estimate of drug-likeness (QED) is 0.797. The lowest BCUT2D eigenvalue weighted by Gasteiger charge is -2.28. The number of aromatic nitrogens is 3. The van der Waals surface area contributed by atoms with Gasteiger partial charge in [-0.15, -0.1) is 0 Å². The first-order chi connectivity index (χ1) is 11.6. The molecule has 2 aromatic heterocycles. The Morgan fingerprint density at radius 2 is 2.21 bits per heavy atom. The maximum atomic E-state index is 13.3. The van der Waals surface area contributed by atoms with Gasteiger partial charge < -0.3 is 4.98 Å². The first kappa shape index (κ1) is 15.3. The van der Waals surface area contributed by atoms with Crippen molar-refractivity contribution in [1.29, 1.82) is 0 Å². The molecule has 1 aliphatic heterocycles. The summed E-state index contributed by atoms with van der Waals surface area (Å²) in [5.41, 5.74) is 4.46. The first-order valence-electron chi connectivity index (χ1n) is 8.42. The fourth-order valence-electron chi connectivity index (χ4n) is 3.32. The van der Waals surface area contributed by atoms with E-state index in [0.29, 0.717) is 5.92 Å². The Bertz CT molecular complexity index is 884. The van der Waals surface area contributed by atoms with E-state index < -0.39 is 0 Å². The summed E-state index contributed by atoms with van der Waals surface area (Å²) in [6.45, 7) is 6.91. The van der Waals surface area contributed by atoms with Crippen LogP contribution in [0.3, 0.4) is 0 Å². The number of nitrogens with zero attached hydrogens (tertiary/aromatic N) is 3. The number of H-pyrrole nitrogens is 1. The molecule has 0 saturated heterocycles. The molecule has 0 bridgehead atoms. The highest BCUT2D eigenvalue weighted by molar-refractivity contribution is 5.83. The lowest BCUT2D eigenvalue weighted by atomic mass is 10.0. The zero-order chi connectivity index (χ0) is 16.7. The van der Waals surface area contributed by atoms with E-state index in [1.165, 1.54) is 17.2 Å². The molecular formula is C19H21FN4. The predicted molar refractivity (Wildman–Crippen MR) is 92.2 cm³/mol. The van der Waals surface area contributed by atoms with Crippen molar-refractivity contribution >= 4 is 10.9 Å². The topological polar surface area (TPSA) is 44.8 Å². The molecule has 5 heteroatoms. The van der Waals surface area contributed by atoms with E-state index in [1.54, 1.807) is 6.07 Å². The van der Waals surface area contributed by atoms with Crippen molar-refractivity contribution in [2.45, 2.75) is 39.3 Å². The standard InChI is InChI=1S/C19H21FN4/c1-12(2)19-22-8-13-5-6-24(11-18(13)23-19)10-14-9-21-17-7-15(20)3-4-16(14)17/h3-4,7-9,12,21H,5-6,10-11H2,1-2H3. The number of nitrogens with one attached hydrogen (secondary N) is 1. The van der Waals surface area contributed by atoms with Gasteiger partial charge in [0.1, 0.15) is 11.6 Å². The largest absolute Gasteiger partial charge is 0.361 e. The minimum absolute atomic E-state index is 0.208. The highest BCUT2D eigenvalue weighted by Crippen LogP contribution is 2.24. The molecular weight excluding hydrogens is 303 g/mol. The summed E-state index contributed by atoms with van der Waals surface area (Å²) in [6.07, 6.45) is 4.95.